The predicted octanol–water partition coefficient (Wildman–Crippen LogP) is 1.87. The van der Waals surface area contributed by atoms with Gasteiger partial charge in [0.15, 0.2) is 0 Å². The van der Waals surface area contributed by atoms with Gasteiger partial charge in [-0.3, -0.25) is 0 Å². The van der Waals surface area contributed by atoms with Gasteiger partial charge >= 0.3 is 12.0 Å². The van der Waals surface area contributed by atoms with E-state index < -0.39 is 5.97 Å². The number of rotatable bonds is 5. The van der Waals surface area contributed by atoms with E-state index >= 15 is 0 Å². The minimum Gasteiger partial charge on any atom is -0.478 e. The summed E-state index contributed by atoms with van der Waals surface area (Å²) in [5.41, 5.74) is 1.16. The van der Waals surface area contributed by atoms with E-state index in [1.807, 2.05) is 0 Å². The number of nitrogens with zero attached hydrogens (tertiary/aromatic N) is 4. The summed E-state index contributed by atoms with van der Waals surface area (Å²) in [5, 5.41) is 8.90. The molecule has 1 aromatic carbocycles. The first-order valence-corrected chi connectivity index (χ1v) is 6.36. The maximum absolute atomic E-state index is 10.8. The fourth-order valence-corrected chi connectivity index (χ4v) is 1.83. The number of benzene rings is 1. The molecule has 2 aromatic rings. The zero-order chi connectivity index (χ0) is 15.4. The summed E-state index contributed by atoms with van der Waals surface area (Å²) in [6, 6.07) is 6.71. The molecule has 21 heavy (non-hydrogen) atoms. The molecular weight excluding hydrogens is 296 g/mol. The topological polar surface area (TPSA) is 88.4 Å². The molecule has 0 saturated carbocycles. The molecule has 8 heteroatoms. The van der Waals surface area contributed by atoms with E-state index in [1.165, 1.54) is 7.11 Å². The zero-order valence-electron chi connectivity index (χ0n) is 11.4. The van der Waals surface area contributed by atoms with E-state index in [9.17, 15) is 4.79 Å². The summed E-state index contributed by atoms with van der Waals surface area (Å²) in [6.45, 7) is 0.489. The van der Waals surface area contributed by atoms with Crippen LogP contribution in [0, 0.1) is 0 Å². The molecule has 1 aromatic heterocycles. The Labute approximate surface area is 126 Å². The SMILES string of the molecule is COc1nc(Cl)nc(N(C)Cc2ccc(C(=O)O)cc2)n1. The third-order valence-corrected chi connectivity index (χ3v) is 2.89. The minimum atomic E-state index is -0.955. The van der Waals surface area contributed by atoms with E-state index in [4.69, 9.17) is 21.4 Å². The monoisotopic (exact) mass is 308 g/mol. The number of anilines is 1. The molecule has 0 radical (unpaired) electrons. The van der Waals surface area contributed by atoms with Crippen LogP contribution in [0.2, 0.25) is 5.28 Å². The van der Waals surface area contributed by atoms with Crippen molar-refractivity contribution in [1.29, 1.82) is 0 Å². The van der Waals surface area contributed by atoms with Crippen LogP contribution < -0.4 is 9.64 Å². The molecule has 0 bridgehead atoms. The van der Waals surface area contributed by atoms with Gasteiger partial charge in [-0.2, -0.15) is 15.0 Å². The normalized spacial score (nSPS) is 10.2. The molecule has 0 spiro atoms. The lowest BCUT2D eigenvalue weighted by Crippen LogP contribution is -2.19. The Kier molecular flexibility index (Phi) is 4.54. The smallest absolute Gasteiger partial charge is 0.335 e. The van der Waals surface area contributed by atoms with Gasteiger partial charge in [0, 0.05) is 13.6 Å². The van der Waals surface area contributed by atoms with Crippen LogP contribution in [0.25, 0.3) is 0 Å². The van der Waals surface area contributed by atoms with Gasteiger partial charge in [-0.1, -0.05) is 12.1 Å². The van der Waals surface area contributed by atoms with Crippen molar-refractivity contribution in [2.45, 2.75) is 6.54 Å². The number of carbonyl (C=O) groups is 1. The Morgan fingerprint density at radius 1 is 1.29 bits per heavy atom. The van der Waals surface area contributed by atoms with E-state index in [2.05, 4.69) is 15.0 Å². The molecule has 0 saturated heterocycles. The van der Waals surface area contributed by atoms with Gasteiger partial charge in [0.1, 0.15) is 0 Å². The van der Waals surface area contributed by atoms with Gasteiger partial charge < -0.3 is 14.7 Å². The van der Waals surface area contributed by atoms with Crippen molar-refractivity contribution in [3.63, 3.8) is 0 Å². The number of hydrogen-bond acceptors (Lipinski definition) is 6. The lowest BCUT2D eigenvalue weighted by molar-refractivity contribution is 0.0697. The first-order valence-electron chi connectivity index (χ1n) is 5.98. The standard InChI is InChI=1S/C13H13ClN4O3/c1-18(12-15-11(14)16-13(17-12)21-2)7-8-3-5-9(6-4-8)10(19)20/h3-6H,7H2,1-2H3,(H,19,20). The maximum Gasteiger partial charge on any atom is 0.335 e. The minimum absolute atomic E-state index is 0.0462. The van der Waals surface area contributed by atoms with Crippen molar-refractivity contribution >= 4 is 23.5 Å². The molecule has 7 nitrogen and oxygen atoms in total. The molecule has 0 aliphatic rings. The van der Waals surface area contributed by atoms with Crippen molar-refractivity contribution in [3.8, 4) is 6.01 Å². The Bertz CT molecular complexity index is 648. The molecule has 0 aliphatic heterocycles. The average Bonchev–Trinajstić information content (AvgIpc) is 2.47. The molecule has 0 aliphatic carbocycles. The van der Waals surface area contributed by atoms with E-state index in [-0.39, 0.29) is 16.9 Å². The molecule has 0 unspecified atom stereocenters. The van der Waals surface area contributed by atoms with Crippen molar-refractivity contribution in [2.75, 3.05) is 19.1 Å². The first kappa shape index (κ1) is 15.0. The van der Waals surface area contributed by atoms with E-state index in [1.54, 1.807) is 36.2 Å². The number of carboxylic acids is 1. The summed E-state index contributed by atoms with van der Waals surface area (Å²) < 4.78 is 4.94. The van der Waals surface area contributed by atoms with Crippen LogP contribution >= 0.6 is 11.6 Å². The summed E-state index contributed by atoms with van der Waals surface area (Å²) in [4.78, 5) is 24.5. The Morgan fingerprint density at radius 2 is 1.95 bits per heavy atom. The zero-order valence-corrected chi connectivity index (χ0v) is 12.2. The first-order chi connectivity index (χ1) is 9.99. The number of halogens is 1. The van der Waals surface area contributed by atoms with Gasteiger partial charge in [0.05, 0.1) is 12.7 Å². The van der Waals surface area contributed by atoms with Gasteiger partial charge in [0.25, 0.3) is 0 Å². The number of ether oxygens (including phenoxy) is 1. The van der Waals surface area contributed by atoms with Gasteiger partial charge in [-0.15, -0.1) is 0 Å². The van der Waals surface area contributed by atoms with Gasteiger partial charge in [-0.05, 0) is 29.3 Å². The van der Waals surface area contributed by atoms with Crippen molar-refractivity contribution < 1.29 is 14.6 Å². The number of aromatic carboxylic acids is 1. The molecule has 1 N–H and O–H groups in total. The second-order valence-corrected chi connectivity index (χ2v) is 4.59. The molecule has 0 fully saturated rings. The Morgan fingerprint density at radius 3 is 2.52 bits per heavy atom. The van der Waals surface area contributed by atoms with Crippen molar-refractivity contribution in [3.05, 3.63) is 40.7 Å². The Hall–Kier alpha value is -2.41. The summed E-state index contributed by atoms with van der Waals surface area (Å²) in [5.74, 6) is -0.585. The van der Waals surface area contributed by atoms with Crippen LogP contribution in [-0.2, 0) is 6.54 Å². The van der Waals surface area contributed by atoms with Crippen LogP contribution in [-0.4, -0.2) is 40.2 Å². The quantitative estimate of drug-likeness (QED) is 0.902. The molecule has 0 atom stereocenters. The van der Waals surface area contributed by atoms with Crippen molar-refractivity contribution in [2.24, 2.45) is 0 Å². The highest BCUT2D eigenvalue weighted by Crippen LogP contribution is 2.16. The highest BCUT2D eigenvalue weighted by atomic mass is 35.5. The fourth-order valence-electron chi connectivity index (χ4n) is 1.68. The van der Waals surface area contributed by atoms with Crippen molar-refractivity contribution in [1.82, 2.24) is 15.0 Å². The van der Waals surface area contributed by atoms with E-state index in [0.717, 1.165) is 5.56 Å². The predicted molar refractivity (Wildman–Crippen MR) is 76.9 cm³/mol. The molecular formula is C13H13ClN4O3. The molecule has 0 amide bonds. The number of hydrogen-bond donors (Lipinski definition) is 1. The van der Waals surface area contributed by atoms with Crippen LogP contribution in [0.4, 0.5) is 5.95 Å². The number of methoxy groups -OCH3 is 1. The van der Waals surface area contributed by atoms with Gasteiger partial charge in [-0.25, -0.2) is 4.79 Å². The number of aromatic nitrogens is 3. The van der Waals surface area contributed by atoms with Gasteiger partial charge in [0.2, 0.25) is 11.2 Å². The lowest BCUT2D eigenvalue weighted by Gasteiger charge is -2.17. The molecule has 110 valence electrons. The lowest BCUT2D eigenvalue weighted by atomic mass is 10.1. The maximum atomic E-state index is 10.8. The second-order valence-electron chi connectivity index (χ2n) is 4.25. The highest BCUT2D eigenvalue weighted by Gasteiger charge is 2.10. The van der Waals surface area contributed by atoms with Crippen LogP contribution in [0.3, 0.4) is 0 Å². The van der Waals surface area contributed by atoms with Crippen LogP contribution in [0.15, 0.2) is 24.3 Å². The summed E-state index contributed by atoms with van der Waals surface area (Å²) in [7, 11) is 3.23. The molecule has 1 heterocycles. The third kappa shape index (κ3) is 3.79. The summed E-state index contributed by atoms with van der Waals surface area (Å²) >= 11 is 5.80. The number of carboxylic acid groups (broad SMARTS) is 1. The highest BCUT2D eigenvalue weighted by molar-refractivity contribution is 6.28. The summed E-state index contributed by atoms with van der Waals surface area (Å²) in [6.07, 6.45) is 0. The largest absolute Gasteiger partial charge is 0.478 e. The average molecular weight is 309 g/mol. The third-order valence-electron chi connectivity index (χ3n) is 2.72. The van der Waals surface area contributed by atoms with E-state index in [0.29, 0.717) is 12.5 Å². The van der Waals surface area contributed by atoms with Crippen LogP contribution in [0.1, 0.15) is 15.9 Å². The van der Waals surface area contributed by atoms with Crippen LogP contribution in [0.5, 0.6) is 6.01 Å². The Balaban J connectivity index is 2.15. The fraction of sp³-hybridized carbons (Fsp3) is 0.231. The molecule has 2 rings (SSSR count). The second kappa shape index (κ2) is 6.36.